The molecule has 0 radical (unpaired) electrons. The summed E-state index contributed by atoms with van der Waals surface area (Å²) in [6.07, 6.45) is 0. The van der Waals surface area contributed by atoms with E-state index < -0.39 is 23.5 Å². The number of halogens is 1. The van der Waals surface area contributed by atoms with E-state index in [1.165, 1.54) is 7.05 Å². The maximum absolute atomic E-state index is 14.6. The monoisotopic (exact) mass is 366 g/mol. The Bertz CT molecular complexity index is 771. The van der Waals surface area contributed by atoms with Crippen LogP contribution in [-0.4, -0.2) is 61.2 Å². The van der Waals surface area contributed by atoms with Crippen LogP contribution >= 0.6 is 0 Å². The number of nitrogens with zero attached hydrogens (tertiary/aromatic N) is 3. The summed E-state index contributed by atoms with van der Waals surface area (Å²) in [6, 6.07) is 0.897. The minimum atomic E-state index is -1.23. The number of carboxylic acid groups (broad SMARTS) is 1. The van der Waals surface area contributed by atoms with Gasteiger partial charge in [0.2, 0.25) is 0 Å². The molecule has 0 aliphatic carbocycles. The Morgan fingerprint density at radius 2 is 2.31 bits per heavy atom. The zero-order valence-corrected chi connectivity index (χ0v) is 14.4. The van der Waals surface area contributed by atoms with Crippen LogP contribution in [0.5, 0.6) is 5.75 Å². The molecule has 2 heterocycles. The first kappa shape index (κ1) is 17.9. The zero-order chi connectivity index (χ0) is 19.0. The Morgan fingerprint density at radius 3 is 2.96 bits per heavy atom. The molecule has 0 aromatic heterocycles. The van der Waals surface area contributed by atoms with Gasteiger partial charge in [-0.1, -0.05) is 0 Å². The molecule has 9 nitrogen and oxygen atoms in total. The van der Waals surface area contributed by atoms with Crippen LogP contribution in [0.4, 0.5) is 15.8 Å². The molecule has 2 N–H and O–H groups in total. The van der Waals surface area contributed by atoms with Crippen LogP contribution in [0.3, 0.4) is 0 Å². The van der Waals surface area contributed by atoms with E-state index in [2.05, 4.69) is 10.6 Å². The van der Waals surface area contributed by atoms with Crippen LogP contribution in [0.15, 0.2) is 11.4 Å². The van der Waals surface area contributed by atoms with Gasteiger partial charge in [0, 0.05) is 25.7 Å². The first-order chi connectivity index (χ1) is 12.3. The minimum absolute atomic E-state index is 0.0138. The number of benzene rings is 1. The minimum Gasteiger partial charge on any atom is -0.487 e. The lowest BCUT2D eigenvalue weighted by atomic mass is 9.88. The highest BCUT2D eigenvalue weighted by molar-refractivity contribution is 6.14. The number of anilines is 2. The molecular formula is C16H19FN4O5. The molecule has 0 spiro atoms. The Morgan fingerprint density at radius 1 is 1.58 bits per heavy atom. The third-order valence-electron chi connectivity index (χ3n) is 4.63. The van der Waals surface area contributed by atoms with Crippen molar-refractivity contribution in [1.29, 1.82) is 0 Å². The van der Waals surface area contributed by atoms with Gasteiger partial charge < -0.3 is 20.1 Å². The van der Waals surface area contributed by atoms with E-state index >= 15 is 0 Å². The Kier molecular flexibility index (Phi) is 4.66. The van der Waals surface area contributed by atoms with Crippen molar-refractivity contribution in [2.24, 2.45) is 11.2 Å². The number of likely N-dealkylation sites (N-methyl/N-ethyl adjacent to an activating group) is 1. The fourth-order valence-electron chi connectivity index (χ4n) is 3.22. The number of aliphatic carboxylic acids is 1. The number of ketones is 1. The molecule has 1 aromatic rings. The van der Waals surface area contributed by atoms with Crippen molar-refractivity contribution in [3.05, 3.63) is 22.4 Å². The molecule has 1 unspecified atom stereocenters. The molecule has 2 aliphatic rings. The van der Waals surface area contributed by atoms with Crippen molar-refractivity contribution in [3.63, 3.8) is 0 Å². The van der Waals surface area contributed by atoms with Gasteiger partial charge in [-0.25, -0.2) is 4.39 Å². The molecule has 2 atom stereocenters. The average molecular weight is 366 g/mol. The Labute approximate surface area is 148 Å². The van der Waals surface area contributed by atoms with E-state index in [-0.39, 0.29) is 49.3 Å². The molecule has 3 rings (SSSR count). The van der Waals surface area contributed by atoms with Gasteiger partial charge in [-0.15, -0.1) is 4.91 Å². The standard InChI is InChI=1S/C16H19FN4O5/c1-8-7-26-15-12(18-3-4-20(2)19-25)11(17)5-9-13(15)21(8)6-10(14(9)22)16(23)24/h5,8,10,18H,3-4,6-7H2,1-2H3,(H,23,24)/t8-,10?/m0/s1. The lowest BCUT2D eigenvalue weighted by Gasteiger charge is -2.42. The number of nitroso groups, excluding NO2 is 1. The topological polar surface area (TPSA) is 112 Å². The highest BCUT2D eigenvalue weighted by atomic mass is 19.1. The van der Waals surface area contributed by atoms with E-state index in [9.17, 15) is 24.0 Å². The Hall–Kier alpha value is -2.91. The van der Waals surface area contributed by atoms with Crippen LogP contribution in [0.25, 0.3) is 0 Å². The van der Waals surface area contributed by atoms with Crippen LogP contribution in [-0.2, 0) is 4.79 Å². The first-order valence-electron chi connectivity index (χ1n) is 8.16. The Balaban J connectivity index is 2.01. The van der Waals surface area contributed by atoms with E-state index in [0.29, 0.717) is 5.69 Å². The van der Waals surface area contributed by atoms with Crippen molar-refractivity contribution in [1.82, 2.24) is 5.01 Å². The summed E-state index contributed by atoms with van der Waals surface area (Å²) in [5, 5.41) is 16.1. The highest BCUT2D eigenvalue weighted by Gasteiger charge is 2.43. The average Bonchev–Trinajstić information content (AvgIpc) is 2.60. The summed E-state index contributed by atoms with van der Waals surface area (Å²) in [7, 11) is 1.49. The van der Waals surface area contributed by atoms with Gasteiger partial charge in [-0.2, -0.15) is 0 Å². The second-order valence-electron chi connectivity index (χ2n) is 6.42. The van der Waals surface area contributed by atoms with Gasteiger partial charge in [0.15, 0.2) is 17.3 Å². The lowest BCUT2D eigenvalue weighted by Crippen LogP contribution is -2.50. The predicted octanol–water partition coefficient (Wildman–Crippen LogP) is 1.34. The quantitative estimate of drug-likeness (QED) is 0.441. The van der Waals surface area contributed by atoms with E-state index in [4.69, 9.17) is 4.74 Å². The number of nitrogens with one attached hydrogen (secondary N) is 1. The summed E-state index contributed by atoms with van der Waals surface area (Å²) in [4.78, 5) is 36.1. The largest absolute Gasteiger partial charge is 0.487 e. The number of hydrogen-bond donors (Lipinski definition) is 2. The zero-order valence-electron chi connectivity index (χ0n) is 14.4. The second-order valence-corrected chi connectivity index (χ2v) is 6.42. The van der Waals surface area contributed by atoms with Gasteiger partial charge in [0.05, 0.1) is 23.6 Å². The summed E-state index contributed by atoms with van der Waals surface area (Å²) >= 11 is 0. The number of rotatable bonds is 6. The maximum atomic E-state index is 14.6. The maximum Gasteiger partial charge on any atom is 0.316 e. The van der Waals surface area contributed by atoms with Crippen molar-refractivity contribution < 1.29 is 23.8 Å². The highest BCUT2D eigenvalue weighted by Crippen LogP contribution is 2.47. The summed E-state index contributed by atoms with van der Waals surface area (Å²) in [6.45, 7) is 2.58. The lowest BCUT2D eigenvalue weighted by molar-refractivity contribution is -0.139. The van der Waals surface area contributed by atoms with E-state index in [0.717, 1.165) is 11.1 Å². The second kappa shape index (κ2) is 6.77. The summed E-state index contributed by atoms with van der Waals surface area (Å²) in [5.41, 5.74) is 0.512. The summed E-state index contributed by atoms with van der Waals surface area (Å²) < 4.78 is 20.3. The number of ether oxygens (including phenoxy) is 1. The van der Waals surface area contributed by atoms with Gasteiger partial charge in [0.25, 0.3) is 0 Å². The van der Waals surface area contributed by atoms with Crippen molar-refractivity contribution in [2.75, 3.05) is 43.5 Å². The molecule has 140 valence electrons. The van der Waals surface area contributed by atoms with Crippen molar-refractivity contribution in [3.8, 4) is 5.75 Å². The number of hydrogen-bond acceptors (Lipinski definition) is 7. The number of carbonyl (C=O) groups is 2. The molecule has 2 aliphatic heterocycles. The molecule has 0 fully saturated rings. The normalized spacial score (nSPS) is 20.9. The molecule has 0 saturated heterocycles. The van der Waals surface area contributed by atoms with Gasteiger partial charge >= 0.3 is 5.97 Å². The molecule has 0 bridgehead atoms. The van der Waals surface area contributed by atoms with Gasteiger partial charge in [-0.05, 0) is 13.0 Å². The predicted molar refractivity (Wildman–Crippen MR) is 91.1 cm³/mol. The van der Waals surface area contributed by atoms with Gasteiger partial charge in [-0.3, -0.25) is 14.6 Å². The molecule has 0 saturated carbocycles. The molecule has 10 heteroatoms. The smallest absolute Gasteiger partial charge is 0.316 e. The number of carboxylic acids is 1. The fourth-order valence-corrected chi connectivity index (χ4v) is 3.22. The molecule has 26 heavy (non-hydrogen) atoms. The van der Waals surface area contributed by atoms with Crippen LogP contribution in [0, 0.1) is 16.6 Å². The number of carbonyl (C=O) groups excluding carboxylic acids is 1. The van der Waals surface area contributed by atoms with Crippen LogP contribution < -0.4 is 15.0 Å². The van der Waals surface area contributed by atoms with E-state index in [1.807, 2.05) is 6.92 Å². The first-order valence-corrected chi connectivity index (χ1v) is 8.16. The third-order valence-corrected chi connectivity index (χ3v) is 4.63. The summed E-state index contributed by atoms with van der Waals surface area (Å²) in [5.74, 6) is -3.61. The van der Waals surface area contributed by atoms with Crippen molar-refractivity contribution in [2.45, 2.75) is 13.0 Å². The fraction of sp³-hybridized carbons (Fsp3) is 0.500. The molecular weight excluding hydrogens is 347 g/mol. The van der Waals surface area contributed by atoms with Crippen LogP contribution in [0.2, 0.25) is 0 Å². The van der Waals surface area contributed by atoms with E-state index in [1.54, 1.807) is 4.90 Å². The van der Waals surface area contributed by atoms with Gasteiger partial charge in [0.1, 0.15) is 18.2 Å². The van der Waals surface area contributed by atoms with Crippen LogP contribution in [0.1, 0.15) is 17.3 Å². The van der Waals surface area contributed by atoms with Crippen molar-refractivity contribution >= 4 is 23.1 Å². The number of Topliss-reactive ketones (excluding diaryl/α,β-unsaturated/α-hetero) is 1. The SMILES string of the molecule is C[C@H]1COc2c(NCCN(C)N=O)c(F)cc3c2N1CC(C(=O)O)C3=O. The molecule has 0 amide bonds. The third kappa shape index (κ3) is 2.91. The molecule has 1 aromatic carbocycles.